The SMILES string of the molecule is CC[C@H]1[C@@H](O)C2C3CC[C@H]([C@H](C)CCC(=O)O[C@@H]4CC[C@]5(C)C6CC[C@@]7(C)C(CC[C@@H]7[C@H](C)CCC(=O)O)C6[C@H](O)[C@H](CC)[C@@H]5C4)[C@@]3(C)CCC2[C@@]2(C)CC[C@@H](O)C[C@@H]12. The lowest BCUT2D eigenvalue weighted by Crippen LogP contribution is -2.62. The Labute approximate surface area is 358 Å². The number of fused-ring (bicyclic) bond motifs is 10. The van der Waals surface area contributed by atoms with Crippen molar-refractivity contribution in [2.75, 3.05) is 0 Å². The van der Waals surface area contributed by atoms with E-state index in [1.54, 1.807) is 0 Å². The van der Waals surface area contributed by atoms with Gasteiger partial charge >= 0.3 is 11.9 Å². The molecule has 4 N–H and O–H groups in total. The van der Waals surface area contributed by atoms with E-state index in [9.17, 15) is 30.0 Å². The second kappa shape index (κ2) is 16.4. The van der Waals surface area contributed by atoms with Gasteiger partial charge in [0.15, 0.2) is 0 Å². The van der Waals surface area contributed by atoms with Crippen LogP contribution in [-0.4, -0.2) is 56.8 Å². The first kappa shape index (κ1) is 44.4. The van der Waals surface area contributed by atoms with Crippen LogP contribution < -0.4 is 0 Å². The molecule has 8 fully saturated rings. The first-order valence-electron chi connectivity index (χ1n) is 25.4. The standard InChI is InChI=1S/C52H86O7/c1-9-33-41-27-31(53)19-23-51(41,7)39-21-25-50(6)36(14-16-37(50)45(39)47(33)57)30(4)12-18-44(56)59-32-20-24-52(8)40-22-26-49(5)35(29(3)11-17-43(54)55)13-15-38(49)46(40)48(58)34(10-2)42(52)28-32/h29-42,45-48,53,57-58H,9-28H2,1-8H3,(H,54,55)/t29-,30-,31-,32-,33-,34-,35-,36-,37?,38?,39?,40?,41+,42+,45?,46?,47-,48-,49-,50-,51-,52-/m1/s1. The first-order chi connectivity index (χ1) is 27.9. The molecule has 8 saturated carbocycles. The van der Waals surface area contributed by atoms with Crippen LogP contribution in [0.1, 0.15) is 184 Å². The molecular formula is C52H86O7. The molecule has 0 aromatic rings. The monoisotopic (exact) mass is 823 g/mol. The van der Waals surface area contributed by atoms with E-state index in [0.717, 1.165) is 83.5 Å². The number of esters is 1. The number of carboxylic acids is 1. The topological polar surface area (TPSA) is 124 Å². The van der Waals surface area contributed by atoms with Gasteiger partial charge in [-0.25, -0.2) is 0 Å². The molecule has 0 bridgehead atoms. The van der Waals surface area contributed by atoms with Crippen molar-refractivity contribution in [2.24, 2.45) is 105 Å². The molecule has 0 amide bonds. The highest BCUT2D eigenvalue weighted by Crippen LogP contribution is 2.71. The Balaban J connectivity index is 0.881. The quantitative estimate of drug-likeness (QED) is 0.153. The lowest BCUT2D eigenvalue weighted by atomic mass is 9.41. The van der Waals surface area contributed by atoms with Crippen LogP contribution in [0.5, 0.6) is 0 Å². The summed E-state index contributed by atoms with van der Waals surface area (Å²) in [6, 6.07) is 0. The second-order valence-electron chi connectivity index (χ2n) is 24.1. The third-order valence-corrected chi connectivity index (χ3v) is 22.2. The highest BCUT2D eigenvalue weighted by atomic mass is 16.5. The maximum atomic E-state index is 13.7. The lowest BCUT2D eigenvalue weighted by Gasteiger charge is -2.65. The third kappa shape index (κ3) is 7.12. The van der Waals surface area contributed by atoms with Crippen LogP contribution in [0.25, 0.3) is 0 Å². The van der Waals surface area contributed by atoms with Gasteiger partial charge in [0.25, 0.3) is 0 Å². The molecule has 0 heterocycles. The highest BCUT2D eigenvalue weighted by molar-refractivity contribution is 5.69. The van der Waals surface area contributed by atoms with Crippen molar-refractivity contribution in [3.63, 3.8) is 0 Å². The molecule has 7 heteroatoms. The molecule has 8 aliphatic rings. The van der Waals surface area contributed by atoms with Gasteiger partial charge in [0.1, 0.15) is 6.10 Å². The summed E-state index contributed by atoms with van der Waals surface area (Å²) in [7, 11) is 0. The van der Waals surface area contributed by atoms with Crippen molar-refractivity contribution in [3.05, 3.63) is 0 Å². The Morgan fingerprint density at radius 1 is 0.576 bits per heavy atom. The number of ether oxygens (including phenoxy) is 1. The zero-order valence-electron chi connectivity index (χ0n) is 38.5. The number of carboxylic acid groups (broad SMARTS) is 1. The lowest BCUT2D eigenvalue weighted by molar-refractivity contribution is -0.207. The summed E-state index contributed by atoms with van der Waals surface area (Å²) in [5.74, 6) is 5.15. The van der Waals surface area contributed by atoms with E-state index in [2.05, 4.69) is 55.4 Å². The van der Waals surface area contributed by atoms with Crippen LogP contribution in [0.15, 0.2) is 0 Å². The largest absolute Gasteiger partial charge is 0.481 e. The molecule has 6 unspecified atom stereocenters. The van der Waals surface area contributed by atoms with Gasteiger partial charge in [-0.2, -0.15) is 0 Å². The van der Waals surface area contributed by atoms with Crippen molar-refractivity contribution in [1.82, 2.24) is 0 Å². The molecule has 0 aromatic heterocycles. The predicted molar refractivity (Wildman–Crippen MR) is 232 cm³/mol. The number of carbonyl (C=O) groups is 2. The zero-order valence-corrected chi connectivity index (χ0v) is 38.5. The molecule has 0 saturated heterocycles. The number of aliphatic hydroxyl groups is 3. The van der Waals surface area contributed by atoms with Crippen LogP contribution in [0.4, 0.5) is 0 Å². The van der Waals surface area contributed by atoms with Gasteiger partial charge in [-0.1, -0.05) is 68.2 Å². The van der Waals surface area contributed by atoms with E-state index in [0.29, 0.717) is 77.4 Å². The molecule has 336 valence electrons. The van der Waals surface area contributed by atoms with Crippen molar-refractivity contribution in [2.45, 2.75) is 208 Å². The fourth-order valence-electron chi connectivity index (χ4n) is 19.3. The average Bonchev–Trinajstić information content (AvgIpc) is 3.74. The number of aliphatic hydroxyl groups excluding tert-OH is 3. The number of hydrogen-bond acceptors (Lipinski definition) is 6. The van der Waals surface area contributed by atoms with Crippen LogP contribution in [0, 0.1) is 105 Å². The van der Waals surface area contributed by atoms with Gasteiger partial charge in [0.05, 0.1) is 18.3 Å². The van der Waals surface area contributed by atoms with Crippen LogP contribution in [-0.2, 0) is 14.3 Å². The minimum Gasteiger partial charge on any atom is -0.481 e. The van der Waals surface area contributed by atoms with Gasteiger partial charge in [0.2, 0.25) is 0 Å². The van der Waals surface area contributed by atoms with E-state index >= 15 is 0 Å². The summed E-state index contributed by atoms with van der Waals surface area (Å²) >= 11 is 0. The number of hydrogen-bond donors (Lipinski definition) is 4. The van der Waals surface area contributed by atoms with E-state index in [1.165, 1.54) is 32.1 Å². The van der Waals surface area contributed by atoms with Crippen molar-refractivity contribution in [1.29, 1.82) is 0 Å². The number of carbonyl (C=O) groups excluding carboxylic acids is 1. The summed E-state index contributed by atoms with van der Waals surface area (Å²) in [5, 5.41) is 44.6. The Morgan fingerprint density at radius 3 is 1.51 bits per heavy atom. The van der Waals surface area contributed by atoms with Crippen molar-refractivity contribution < 1.29 is 34.8 Å². The normalized spacial score (nSPS) is 52.5. The summed E-state index contributed by atoms with van der Waals surface area (Å²) < 4.78 is 6.42. The maximum Gasteiger partial charge on any atom is 0.306 e. The Morgan fingerprint density at radius 2 is 1.02 bits per heavy atom. The smallest absolute Gasteiger partial charge is 0.306 e. The molecule has 8 aliphatic carbocycles. The molecule has 0 aromatic carbocycles. The predicted octanol–water partition coefficient (Wildman–Crippen LogP) is 10.7. The molecule has 0 radical (unpaired) electrons. The maximum absolute atomic E-state index is 13.7. The Bertz CT molecular complexity index is 1530. The van der Waals surface area contributed by atoms with Gasteiger partial charge < -0.3 is 25.2 Å². The summed E-state index contributed by atoms with van der Waals surface area (Å²) in [4.78, 5) is 25.2. The van der Waals surface area contributed by atoms with Gasteiger partial charge in [-0.15, -0.1) is 0 Å². The Hall–Kier alpha value is -1.18. The molecular weight excluding hydrogens is 737 g/mol. The number of rotatable bonds is 11. The average molecular weight is 823 g/mol. The fourth-order valence-corrected chi connectivity index (χ4v) is 19.3. The third-order valence-electron chi connectivity index (χ3n) is 22.2. The van der Waals surface area contributed by atoms with E-state index < -0.39 is 5.97 Å². The minimum absolute atomic E-state index is 0.0365. The van der Waals surface area contributed by atoms with Crippen molar-refractivity contribution >= 4 is 11.9 Å². The minimum atomic E-state index is -0.695. The van der Waals surface area contributed by atoms with Gasteiger partial charge in [-0.05, 0) is 207 Å². The van der Waals surface area contributed by atoms with Gasteiger partial charge in [-0.3, -0.25) is 9.59 Å². The van der Waals surface area contributed by atoms with E-state index in [-0.39, 0.29) is 70.3 Å². The highest BCUT2D eigenvalue weighted by Gasteiger charge is 2.67. The van der Waals surface area contributed by atoms with Crippen LogP contribution >= 0.6 is 0 Å². The van der Waals surface area contributed by atoms with Crippen LogP contribution in [0.3, 0.4) is 0 Å². The zero-order chi connectivity index (χ0) is 42.4. The molecule has 0 spiro atoms. The molecule has 22 atom stereocenters. The van der Waals surface area contributed by atoms with Crippen LogP contribution in [0.2, 0.25) is 0 Å². The second-order valence-corrected chi connectivity index (χ2v) is 24.1. The number of aliphatic carboxylic acids is 1. The summed E-state index contributed by atoms with van der Waals surface area (Å²) in [6.45, 7) is 19.3. The van der Waals surface area contributed by atoms with Crippen molar-refractivity contribution in [3.8, 4) is 0 Å². The molecule has 59 heavy (non-hydrogen) atoms. The van der Waals surface area contributed by atoms with E-state index in [1.807, 2.05) is 0 Å². The molecule has 0 aliphatic heterocycles. The molecule has 8 rings (SSSR count). The fraction of sp³-hybridized carbons (Fsp3) is 0.962. The molecule has 7 nitrogen and oxygen atoms in total. The van der Waals surface area contributed by atoms with Gasteiger partial charge in [0, 0.05) is 12.8 Å². The van der Waals surface area contributed by atoms with E-state index in [4.69, 9.17) is 4.74 Å². The Kier molecular flexibility index (Phi) is 12.4. The first-order valence-corrected chi connectivity index (χ1v) is 25.4. The summed E-state index contributed by atoms with van der Waals surface area (Å²) in [6.07, 6.45) is 18.5. The summed E-state index contributed by atoms with van der Waals surface area (Å²) in [5.41, 5.74) is 0.715.